The van der Waals surface area contributed by atoms with Gasteiger partial charge in [0.1, 0.15) is 6.10 Å². The molecule has 9 heteroatoms. The molecular weight excluding hydrogens is 350 g/mol. The summed E-state index contributed by atoms with van der Waals surface area (Å²) < 4.78 is 13.8. The van der Waals surface area contributed by atoms with Gasteiger partial charge in [0.25, 0.3) is 5.91 Å². The summed E-state index contributed by atoms with van der Waals surface area (Å²) in [6, 6.07) is 13.9. The average Bonchev–Trinajstić information content (AvgIpc) is 3.00. The van der Waals surface area contributed by atoms with Crippen LogP contribution in [0.5, 0.6) is 11.5 Å². The van der Waals surface area contributed by atoms with Gasteiger partial charge in [-0.25, -0.2) is 4.79 Å². The minimum Gasteiger partial charge on any atom is -0.482 e. The van der Waals surface area contributed by atoms with E-state index in [4.69, 9.17) is 9.47 Å². The molecule has 3 aromatic rings. The number of tetrazole rings is 1. The Labute approximate surface area is 154 Å². The van der Waals surface area contributed by atoms with Crippen molar-refractivity contribution in [2.24, 2.45) is 7.05 Å². The fraction of sp³-hybridized carbons (Fsp3) is 0.222. The molecule has 0 radical (unpaired) electrons. The van der Waals surface area contributed by atoms with Gasteiger partial charge in [0.15, 0.2) is 11.5 Å². The Balaban J connectivity index is 1.48. The quantitative estimate of drug-likeness (QED) is 0.745. The van der Waals surface area contributed by atoms with E-state index in [0.717, 1.165) is 4.68 Å². The minimum atomic E-state index is -0.776. The van der Waals surface area contributed by atoms with E-state index in [1.165, 1.54) is 11.7 Å². The third-order valence-electron chi connectivity index (χ3n) is 4.20. The highest BCUT2D eigenvalue weighted by molar-refractivity contribution is 5.95. The fourth-order valence-corrected chi connectivity index (χ4v) is 2.78. The number of aromatic nitrogens is 4. The number of nitrogens with one attached hydrogen (secondary N) is 1. The third-order valence-corrected chi connectivity index (χ3v) is 4.20. The normalized spacial score (nSPS) is 18.1. The molecule has 1 aliphatic rings. The Morgan fingerprint density at radius 1 is 1.04 bits per heavy atom. The van der Waals surface area contributed by atoms with Gasteiger partial charge in [-0.1, -0.05) is 12.1 Å². The molecule has 9 nitrogen and oxygen atoms in total. The summed E-state index contributed by atoms with van der Waals surface area (Å²) >= 11 is 0. The van der Waals surface area contributed by atoms with Crippen LogP contribution in [0.2, 0.25) is 0 Å². The highest BCUT2D eigenvalue weighted by Crippen LogP contribution is 2.33. The topological polar surface area (TPSA) is 100 Å². The van der Waals surface area contributed by atoms with Crippen LogP contribution in [0.15, 0.2) is 53.3 Å². The second-order valence-electron chi connectivity index (χ2n) is 6.14. The first-order chi connectivity index (χ1) is 13.0. The number of carbonyl (C=O) groups is 1. The number of anilines is 1. The molecule has 27 heavy (non-hydrogen) atoms. The minimum absolute atomic E-state index is 0.318. The van der Waals surface area contributed by atoms with E-state index in [2.05, 4.69) is 15.7 Å². The SMILES string of the molecule is C[C@H]1Oc2ccccc2O[C@@H]1C(=O)Nc1ccc(-n2nnn(C)c2=O)cc1. The Kier molecular flexibility index (Phi) is 4.11. The van der Waals surface area contributed by atoms with Crippen LogP contribution in [-0.2, 0) is 11.8 Å². The molecule has 2 heterocycles. The largest absolute Gasteiger partial charge is 0.482 e. The van der Waals surface area contributed by atoms with Crippen LogP contribution < -0.4 is 20.5 Å². The molecule has 1 aromatic heterocycles. The van der Waals surface area contributed by atoms with Gasteiger partial charge in [0.2, 0.25) is 6.10 Å². The third kappa shape index (κ3) is 3.14. The first kappa shape index (κ1) is 16.8. The summed E-state index contributed by atoms with van der Waals surface area (Å²) in [6.45, 7) is 1.78. The predicted molar refractivity (Wildman–Crippen MR) is 96.2 cm³/mol. The fourth-order valence-electron chi connectivity index (χ4n) is 2.78. The van der Waals surface area contributed by atoms with Crippen molar-refractivity contribution in [3.05, 3.63) is 59.0 Å². The highest BCUT2D eigenvalue weighted by Gasteiger charge is 2.34. The van der Waals surface area contributed by atoms with Crippen molar-refractivity contribution in [2.45, 2.75) is 19.1 Å². The van der Waals surface area contributed by atoms with Crippen molar-refractivity contribution in [2.75, 3.05) is 5.32 Å². The predicted octanol–water partition coefficient (Wildman–Crippen LogP) is 1.13. The lowest BCUT2D eigenvalue weighted by molar-refractivity contribution is -0.128. The molecule has 0 fully saturated rings. The van der Waals surface area contributed by atoms with Crippen molar-refractivity contribution in [1.82, 2.24) is 19.8 Å². The van der Waals surface area contributed by atoms with Crippen molar-refractivity contribution >= 4 is 11.6 Å². The van der Waals surface area contributed by atoms with Crippen molar-refractivity contribution < 1.29 is 14.3 Å². The maximum absolute atomic E-state index is 12.6. The number of hydrogen-bond donors (Lipinski definition) is 1. The maximum atomic E-state index is 12.6. The second-order valence-corrected chi connectivity index (χ2v) is 6.14. The number of carbonyl (C=O) groups excluding carboxylic acids is 1. The number of rotatable bonds is 3. The summed E-state index contributed by atoms with van der Waals surface area (Å²) in [6.07, 6.45) is -1.21. The lowest BCUT2D eigenvalue weighted by Crippen LogP contribution is -2.46. The zero-order chi connectivity index (χ0) is 19.0. The van der Waals surface area contributed by atoms with Crippen molar-refractivity contribution in [3.63, 3.8) is 0 Å². The van der Waals surface area contributed by atoms with E-state index in [1.54, 1.807) is 43.3 Å². The Hall–Kier alpha value is -3.62. The molecule has 1 aliphatic heterocycles. The molecule has 0 bridgehead atoms. The molecule has 0 saturated heterocycles. The van der Waals surface area contributed by atoms with E-state index in [0.29, 0.717) is 22.9 Å². The number of hydrogen-bond acceptors (Lipinski definition) is 6. The number of para-hydroxylation sites is 2. The molecule has 2 aromatic carbocycles. The average molecular weight is 367 g/mol. The molecular formula is C18H17N5O4. The van der Waals surface area contributed by atoms with Gasteiger partial charge in [-0.15, -0.1) is 0 Å². The Morgan fingerprint density at radius 3 is 2.33 bits per heavy atom. The molecule has 138 valence electrons. The maximum Gasteiger partial charge on any atom is 0.368 e. The first-order valence-corrected chi connectivity index (χ1v) is 8.35. The van der Waals surface area contributed by atoms with Gasteiger partial charge in [-0.2, -0.15) is 9.36 Å². The molecule has 2 atom stereocenters. The van der Waals surface area contributed by atoms with E-state index in [-0.39, 0.29) is 11.6 Å². The Bertz CT molecular complexity index is 1040. The van der Waals surface area contributed by atoms with Crippen LogP contribution in [0.25, 0.3) is 5.69 Å². The summed E-state index contributed by atoms with van der Waals surface area (Å²) in [4.78, 5) is 24.5. The van der Waals surface area contributed by atoms with Crippen LogP contribution in [0.1, 0.15) is 6.92 Å². The highest BCUT2D eigenvalue weighted by atomic mass is 16.6. The molecule has 1 amide bonds. The number of nitrogens with zero attached hydrogens (tertiary/aromatic N) is 4. The summed E-state index contributed by atoms with van der Waals surface area (Å²) in [7, 11) is 1.52. The summed E-state index contributed by atoms with van der Waals surface area (Å²) in [5.41, 5.74) is 0.757. The molecule has 0 saturated carbocycles. The van der Waals surface area contributed by atoms with Crippen LogP contribution in [0.4, 0.5) is 5.69 Å². The van der Waals surface area contributed by atoms with Crippen LogP contribution in [-0.4, -0.2) is 37.9 Å². The summed E-state index contributed by atoms with van der Waals surface area (Å²) in [5.74, 6) is 0.836. The molecule has 4 rings (SSSR count). The van der Waals surface area contributed by atoms with Crippen LogP contribution in [0.3, 0.4) is 0 Å². The van der Waals surface area contributed by atoms with Crippen LogP contribution >= 0.6 is 0 Å². The number of amides is 1. The molecule has 0 aliphatic carbocycles. The monoisotopic (exact) mass is 367 g/mol. The Morgan fingerprint density at radius 2 is 1.70 bits per heavy atom. The second kappa shape index (κ2) is 6.60. The van der Waals surface area contributed by atoms with Crippen molar-refractivity contribution in [1.29, 1.82) is 0 Å². The van der Waals surface area contributed by atoms with E-state index in [1.807, 2.05) is 12.1 Å². The van der Waals surface area contributed by atoms with Crippen LogP contribution in [0, 0.1) is 0 Å². The van der Waals surface area contributed by atoms with E-state index < -0.39 is 12.2 Å². The number of aryl methyl sites for hydroxylation is 1. The number of ether oxygens (including phenoxy) is 2. The van der Waals surface area contributed by atoms with Gasteiger partial charge >= 0.3 is 5.69 Å². The zero-order valence-electron chi connectivity index (χ0n) is 14.7. The first-order valence-electron chi connectivity index (χ1n) is 8.35. The number of benzene rings is 2. The smallest absolute Gasteiger partial charge is 0.368 e. The molecule has 0 spiro atoms. The molecule has 0 unspecified atom stereocenters. The number of fused-ring (bicyclic) bond motifs is 1. The standard InChI is InChI=1S/C18H17N5O4/c1-11-16(27-15-6-4-3-5-14(15)26-11)17(24)19-12-7-9-13(10-8-12)23-18(25)22(2)20-21-23/h3-11,16H,1-2H3,(H,19,24)/t11-,16+/m1/s1. The molecule has 1 N–H and O–H groups in total. The van der Waals surface area contributed by atoms with E-state index >= 15 is 0 Å². The van der Waals surface area contributed by atoms with Gasteiger partial charge < -0.3 is 14.8 Å². The van der Waals surface area contributed by atoms with Crippen molar-refractivity contribution in [3.8, 4) is 17.2 Å². The lowest BCUT2D eigenvalue weighted by Gasteiger charge is -2.31. The zero-order valence-corrected chi connectivity index (χ0v) is 14.7. The summed E-state index contributed by atoms with van der Waals surface area (Å²) in [5, 5.41) is 10.2. The van der Waals surface area contributed by atoms with Gasteiger partial charge in [0.05, 0.1) is 5.69 Å². The van der Waals surface area contributed by atoms with Gasteiger partial charge in [-0.05, 0) is 53.7 Å². The van der Waals surface area contributed by atoms with Gasteiger partial charge in [0, 0.05) is 12.7 Å². The van der Waals surface area contributed by atoms with Gasteiger partial charge in [-0.3, -0.25) is 4.79 Å². The van der Waals surface area contributed by atoms with E-state index in [9.17, 15) is 9.59 Å². The lowest BCUT2D eigenvalue weighted by atomic mass is 10.1.